The highest BCUT2D eigenvalue weighted by Crippen LogP contribution is 2.50. The number of hydrogen-bond donors (Lipinski definition) is 0. The molecule has 10 rings (SSSR count). The Bertz CT molecular complexity index is 2730. The van der Waals surface area contributed by atoms with Gasteiger partial charge in [-0.05, 0) is 76.9 Å². The Hall–Kier alpha value is -6.42. The molecule has 2 aromatic heterocycles. The molecule has 0 amide bonds. The lowest BCUT2D eigenvalue weighted by molar-refractivity contribution is 1.19. The molecule has 0 unspecified atom stereocenters. The van der Waals surface area contributed by atoms with Crippen LogP contribution in [0.15, 0.2) is 194 Å². The number of anilines is 3. The number of thiophene rings is 1. The smallest absolute Gasteiger partial charge is 0.0648 e. The van der Waals surface area contributed by atoms with Crippen LogP contribution in [-0.4, -0.2) is 4.57 Å². The number of hydrogen-bond acceptors (Lipinski definition) is 2. The maximum Gasteiger partial charge on any atom is 0.0648 e. The summed E-state index contributed by atoms with van der Waals surface area (Å²) in [4.78, 5) is 2.45. The molecule has 8 aromatic carbocycles. The molecule has 0 saturated heterocycles. The summed E-state index contributed by atoms with van der Waals surface area (Å²) in [7, 11) is 0. The zero-order chi connectivity index (χ0) is 33.7. The molecular formula is C48H32N2S. The quantitative estimate of drug-likeness (QED) is 0.171. The van der Waals surface area contributed by atoms with Crippen molar-refractivity contribution >= 4 is 70.4 Å². The molecule has 3 heteroatoms. The second-order valence-electron chi connectivity index (χ2n) is 12.9. The Kier molecular flexibility index (Phi) is 7.04. The van der Waals surface area contributed by atoms with Crippen molar-refractivity contribution in [1.82, 2.24) is 4.57 Å². The minimum Gasteiger partial charge on any atom is -0.309 e. The van der Waals surface area contributed by atoms with Gasteiger partial charge < -0.3 is 9.47 Å². The molecule has 2 heterocycles. The Morgan fingerprint density at radius 3 is 1.51 bits per heavy atom. The van der Waals surface area contributed by atoms with E-state index in [1.807, 2.05) is 11.3 Å². The Morgan fingerprint density at radius 1 is 0.412 bits per heavy atom. The van der Waals surface area contributed by atoms with Gasteiger partial charge in [0.1, 0.15) is 0 Å². The van der Waals surface area contributed by atoms with Gasteiger partial charge in [-0.25, -0.2) is 0 Å². The fourth-order valence-electron chi connectivity index (χ4n) is 7.63. The van der Waals surface area contributed by atoms with Crippen molar-refractivity contribution in [2.75, 3.05) is 4.90 Å². The van der Waals surface area contributed by atoms with Gasteiger partial charge in [-0.1, -0.05) is 140 Å². The highest BCUT2D eigenvalue weighted by molar-refractivity contribution is 7.26. The molecule has 0 N–H and O–H groups in total. The first-order valence-electron chi connectivity index (χ1n) is 17.4. The molecule has 10 aromatic rings. The van der Waals surface area contributed by atoms with Crippen molar-refractivity contribution < 1.29 is 0 Å². The van der Waals surface area contributed by atoms with Gasteiger partial charge in [0.2, 0.25) is 0 Å². The number of aromatic nitrogens is 1. The van der Waals surface area contributed by atoms with E-state index in [2.05, 4.69) is 204 Å². The highest BCUT2D eigenvalue weighted by Gasteiger charge is 2.24. The summed E-state index contributed by atoms with van der Waals surface area (Å²) in [6.07, 6.45) is 0. The van der Waals surface area contributed by atoms with Crippen LogP contribution >= 0.6 is 11.3 Å². The first-order valence-corrected chi connectivity index (χ1v) is 18.2. The van der Waals surface area contributed by atoms with E-state index >= 15 is 0 Å². The Balaban J connectivity index is 1.28. The molecule has 0 aliphatic heterocycles. The van der Waals surface area contributed by atoms with Crippen molar-refractivity contribution in [2.24, 2.45) is 0 Å². The molecule has 51 heavy (non-hydrogen) atoms. The second-order valence-corrected chi connectivity index (χ2v) is 14.0. The summed E-state index contributed by atoms with van der Waals surface area (Å²) in [6, 6.07) is 70.2. The third kappa shape index (κ3) is 4.93. The number of benzene rings is 8. The molecule has 2 nitrogen and oxygen atoms in total. The normalized spacial score (nSPS) is 11.5. The lowest BCUT2D eigenvalue weighted by Crippen LogP contribution is -2.10. The van der Waals surface area contributed by atoms with E-state index in [1.54, 1.807) is 0 Å². The average molecular weight is 669 g/mol. The Labute approximate surface area is 300 Å². The number of nitrogens with zero attached hydrogens (tertiary/aromatic N) is 2. The Morgan fingerprint density at radius 2 is 0.902 bits per heavy atom. The van der Waals surface area contributed by atoms with E-state index in [1.165, 1.54) is 69.9 Å². The van der Waals surface area contributed by atoms with Crippen LogP contribution in [0.25, 0.3) is 69.9 Å². The maximum absolute atomic E-state index is 2.46. The van der Waals surface area contributed by atoms with E-state index in [4.69, 9.17) is 0 Å². The summed E-state index contributed by atoms with van der Waals surface area (Å²) in [5.41, 5.74) is 11.9. The van der Waals surface area contributed by atoms with Crippen LogP contribution in [0.2, 0.25) is 0 Å². The lowest BCUT2D eigenvalue weighted by atomic mass is 10.0. The summed E-state index contributed by atoms with van der Waals surface area (Å²) in [5, 5.41) is 5.05. The van der Waals surface area contributed by atoms with Gasteiger partial charge in [-0.2, -0.15) is 0 Å². The fourth-order valence-corrected chi connectivity index (χ4v) is 8.84. The van der Waals surface area contributed by atoms with Crippen LogP contribution in [-0.2, 0) is 0 Å². The largest absolute Gasteiger partial charge is 0.309 e. The standard InChI is InChI=1S/C48H32N2S/c1-4-14-33(15-5-1)35-24-28-38(29-25-35)49(39-30-26-36(27-31-39)34-16-6-2-7-17-34)44-32-42-40-20-10-12-22-43(40)50(37-18-8-3-9-19-37)47(42)46-41-21-11-13-23-45(41)51-48(44)46/h1-32H. The van der Waals surface area contributed by atoms with Gasteiger partial charge in [0, 0.05) is 43.3 Å². The van der Waals surface area contributed by atoms with Crippen molar-refractivity contribution in [3.8, 4) is 27.9 Å². The van der Waals surface area contributed by atoms with Gasteiger partial charge >= 0.3 is 0 Å². The van der Waals surface area contributed by atoms with Gasteiger partial charge in [0.05, 0.1) is 21.4 Å². The molecule has 0 fully saturated rings. The number of para-hydroxylation sites is 2. The molecule has 0 radical (unpaired) electrons. The van der Waals surface area contributed by atoms with Gasteiger partial charge in [0.15, 0.2) is 0 Å². The maximum atomic E-state index is 2.46. The molecule has 0 aliphatic rings. The minimum absolute atomic E-state index is 1.12. The van der Waals surface area contributed by atoms with E-state index in [9.17, 15) is 0 Å². The first-order chi connectivity index (χ1) is 25.3. The van der Waals surface area contributed by atoms with Gasteiger partial charge in [-0.3, -0.25) is 0 Å². The van der Waals surface area contributed by atoms with Gasteiger partial charge in [0.25, 0.3) is 0 Å². The monoisotopic (exact) mass is 668 g/mol. The summed E-state index contributed by atoms with van der Waals surface area (Å²) in [6.45, 7) is 0. The molecule has 0 saturated carbocycles. The summed E-state index contributed by atoms with van der Waals surface area (Å²) < 4.78 is 5.01. The molecule has 0 bridgehead atoms. The van der Waals surface area contributed by atoms with Crippen molar-refractivity contribution in [2.45, 2.75) is 0 Å². The minimum atomic E-state index is 1.12. The molecule has 0 atom stereocenters. The van der Waals surface area contributed by atoms with E-state index in [0.717, 1.165) is 17.1 Å². The fraction of sp³-hybridized carbons (Fsp3) is 0. The van der Waals surface area contributed by atoms with E-state index in [-0.39, 0.29) is 0 Å². The van der Waals surface area contributed by atoms with Crippen LogP contribution in [0.1, 0.15) is 0 Å². The molecule has 0 spiro atoms. The second kappa shape index (κ2) is 12.2. The summed E-state index contributed by atoms with van der Waals surface area (Å²) >= 11 is 1.88. The zero-order valence-corrected chi connectivity index (χ0v) is 28.6. The van der Waals surface area contributed by atoms with Crippen LogP contribution in [0, 0.1) is 0 Å². The molecule has 240 valence electrons. The van der Waals surface area contributed by atoms with Gasteiger partial charge in [-0.15, -0.1) is 11.3 Å². The van der Waals surface area contributed by atoms with Crippen LogP contribution in [0.4, 0.5) is 17.1 Å². The topological polar surface area (TPSA) is 8.17 Å². The number of fused-ring (bicyclic) bond motifs is 7. The third-order valence-corrected chi connectivity index (χ3v) is 11.2. The average Bonchev–Trinajstić information content (AvgIpc) is 3.76. The lowest BCUT2D eigenvalue weighted by Gasteiger charge is -2.27. The van der Waals surface area contributed by atoms with E-state index < -0.39 is 0 Å². The predicted octanol–water partition coefficient (Wildman–Crippen LogP) is 14.0. The highest BCUT2D eigenvalue weighted by atomic mass is 32.1. The van der Waals surface area contributed by atoms with Crippen LogP contribution < -0.4 is 4.90 Å². The van der Waals surface area contributed by atoms with Crippen LogP contribution in [0.3, 0.4) is 0 Å². The van der Waals surface area contributed by atoms with Crippen molar-refractivity contribution in [3.63, 3.8) is 0 Å². The van der Waals surface area contributed by atoms with Crippen molar-refractivity contribution in [1.29, 1.82) is 0 Å². The molecular weight excluding hydrogens is 637 g/mol. The SMILES string of the molecule is c1ccc(-c2ccc(N(c3ccc(-c4ccccc4)cc3)c3cc4c5ccccc5n(-c5ccccc5)c4c4c3sc3ccccc34)cc2)cc1. The predicted molar refractivity (Wildman–Crippen MR) is 219 cm³/mol. The first kappa shape index (κ1) is 29.5. The third-order valence-electron chi connectivity index (χ3n) is 9.98. The zero-order valence-electron chi connectivity index (χ0n) is 27.8. The van der Waals surface area contributed by atoms with Crippen molar-refractivity contribution in [3.05, 3.63) is 194 Å². The van der Waals surface area contributed by atoms with E-state index in [0.29, 0.717) is 0 Å². The van der Waals surface area contributed by atoms with Crippen LogP contribution in [0.5, 0.6) is 0 Å². The summed E-state index contributed by atoms with van der Waals surface area (Å²) in [5.74, 6) is 0. The number of rotatable bonds is 6. The molecule has 0 aliphatic carbocycles.